The molecule has 3 aromatic rings. The van der Waals surface area contributed by atoms with Crippen LogP contribution >= 0.6 is 11.3 Å². The van der Waals surface area contributed by atoms with Crippen molar-refractivity contribution in [3.63, 3.8) is 0 Å². The van der Waals surface area contributed by atoms with Crippen LogP contribution in [0.1, 0.15) is 23.0 Å². The lowest BCUT2D eigenvalue weighted by molar-refractivity contribution is -0.0498. The lowest BCUT2D eigenvalue weighted by atomic mass is 10.2. The number of aryl methyl sites for hydroxylation is 2. The first-order chi connectivity index (χ1) is 12.5. The van der Waals surface area contributed by atoms with E-state index in [0.717, 1.165) is 5.56 Å². The maximum Gasteiger partial charge on any atom is 0.387 e. The molecule has 0 atom stereocenters. The van der Waals surface area contributed by atoms with Crippen molar-refractivity contribution >= 4 is 22.4 Å². The number of rotatable bonds is 6. The van der Waals surface area contributed by atoms with E-state index in [2.05, 4.69) is 20.1 Å². The molecule has 1 aromatic carbocycles. The van der Waals surface area contributed by atoms with Crippen molar-refractivity contribution in [1.29, 1.82) is 0 Å². The second-order valence-corrected chi connectivity index (χ2v) is 6.24. The second kappa shape index (κ2) is 7.61. The molecule has 26 heavy (non-hydrogen) atoms. The van der Waals surface area contributed by atoms with E-state index in [-0.39, 0.29) is 11.7 Å². The van der Waals surface area contributed by atoms with Crippen LogP contribution in [0, 0.1) is 6.92 Å². The van der Waals surface area contributed by atoms with Gasteiger partial charge in [0.05, 0.1) is 17.0 Å². The van der Waals surface area contributed by atoms with Crippen LogP contribution in [0.25, 0.3) is 11.3 Å². The number of benzene rings is 1. The minimum absolute atomic E-state index is 0.0796. The van der Waals surface area contributed by atoms with E-state index in [1.807, 2.05) is 6.92 Å². The smallest absolute Gasteiger partial charge is 0.387 e. The van der Waals surface area contributed by atoms with E-state index in [1.165, 1.54) is 23.5 Å². The molecule has 136 valence electrons. The predicted octanol–water partition coefficient (Wildman–Crippen LogP) is 4.19. The van der Waals surface area contributed by atoms with Gasteiger partial charge < -0.3 is 4.74 Å². The molecule has 0 spiro atoms. The number of hydrogen-bond donors (Lipinski definition) is 1. The summed E-state index contributed by atoms with van der Waals surface area (Å²) in [6.45, 7) is 1.54. The topological polar surface area (TPSA) is 69.0 Å². The van der Waals surface area contributed by atoms with E-state index in [4.69, 9.17) is 0 Å². The number of hydrogen-bond acceptors (Lipinski definition) is 5. The van der Waals surface area contributed by atoms with E-state index in [0.29, 0.717) is 28.6 Å². The number of alkyl halides is 2. The highest BCUT2D eigenvalue weighted by Crippen LogP contribution is 2.27. The molecule has 0 bridgehead atoms. The van der Waals surface area contributed by atoms with Gasteiger partial charge in [-0.05, 0) is 38.1 Å². The van der Waals surface area contributed by atoms with Gasteiger partial charge in [0, 0.05) is 23.7 Å². The summed E-state index contributed by atoms with van der Waals surface area (Å²) < 4.78 is 30.4. The lowest BCUT2D eigenvalue weighted by Crippen LogP contribution is -2.12. The number of nitrogens with zero attached hydrogens (tertiary/aromatic N) is 3. The minimum Gasteiger partial charge on any atom is -0.435 e. The molecule has 6 nitrogen and oxygen atoms in total. The van der Waals surface area contributed by atoms with Crippen molar-refractivity contribution in [3.05, 3.63) is 47.1 Å². The average Bonchev–Trinajstić information content (AvgIpc) is 3.21. The predicted molar refractivity (Wildman–Crippen MR) is 94.8 cm³/mol. The number of ether oxygens (including phenoxy) is 1. The molecule has 0 aliphatic rings. The Morgan fingerprint density at radius 3 is 2.69 bits per heavy atom. The van der Waals surface area contributed by atoms with Gasteiger partial charge in [0.1, 0.15) is 5.75 Å². The van der Waals surface area contributed by atoms with E-state index in [9.17, 15) is 13.6 Å². The molecule has 1 N–H and O–H groups in total. The number of amides is 1. The number of anilines is 1. The molecule has 0 saturated carbocycles. The Kier molecular flexibility index (Phi) is 5.27. The number of thiazole rings is 1. The Bertz CT molecular complexity index is 906. The van der Waals surface area contributed by atoms with Crippen LogP contribution in [0.4, 0.5) is 13.9 Å². The van der Waals surface area contributed by atoms with E-state index in [1.54, 1.807) is 35.3 Å². The first kappa shape index (κ1) is 18.0. The molecule has 0 aliphatic carbocycles. The zero-order chi connectivity index (χ0) is 18.7. The quantitative estimate of drug-likeness (QED) is 0.698. The fraction of sp³-hybridized carbons (Fsp3) is 0.235. The molecule has 0 aliphatic heterocycles. The number of nitrogens with one attached hydrogen (secondary N) is 1. The molecule has 3 rings (SSSR count). The first-order valence-corrected chi connectivity index (χ1v) is 8.70. The molecule has 0 unspecified atom stereocenters. The van der Waals surface area contributed by atoms with Gasteiger partial charge >= 0.3 is 6.61 Å². The van der Waals surface area contributed by atoms with E-state index < -0.39 is 6.61 Å². The Morgan fingerprint density at radius 2 is 2.08 bits per heavy atom. The van der Waals surface area contributed by atoms with Gasteiger partial charge in [0.2, 0.25) is 0 Å². The third-order valence-electron chi connectivity index (χ3n) is 3.61. The molecule has 0 saturated heterocycles. The van der Waals surface area contributed by atoms with Gasteiger partial charge in [-0.3, -0.25) is 14.8 Å². The monoisotopic (exact) mass is 378 g/mol. The SMILES string of the molecule is CCn1cc(C(=O)Nc2nc(-c3ccc(OC(F)F)cc3)cs2)c(C)n1. The van der Waals surface area contributed by atoms with Crippen molar-refractivity contribution in [1.82, 2.24) is 14.8 Å². The largest absolute Gasteiger partial charge is 0.435 e. The fourth-order valence-corrected chi connectivity index (χ4v) is 3.05. The third kappa shape index (κ3) is 4.05. The van der Waals surface area contributed by atoms with Crippen molar-refractivity contribution in [2.75, 3.05) is 5.32 Å². The van der Waals surface area contributed by atoms with Gasteiger partial charge in [-0.2, -0.15) is 13.9 Å². The molecule has 2 aromatic heterocycles. The van der Waals surface area contributed by atoms with E-state index >= 15 is 0 Å². The normalized spacial score (nSPS) is 11.0. The van der Waals surface area contributed by atoms with Gasteiger partial charge in [-0.25, -0.2) is 4.98 Å². The Labute approximate surface area is 152 Å². The summed E-state index contributed by atoms with van der Waals surface area (Å²) in [5.74, 6) is -0.195. The Balaban J connectivity index is 1.71. The zero-order valence-electron chi connectivity index (χ0n) is 14.1. The highest BCUT2D eigenvalue weighted by molar-refractivity contribution is 7.14. The molecule has 0 radical (unpaired) electrons. The standard InChI is InChI=1S/C17H16F2N4O2S/c1-3-23-8-13(10(2)22-23)15(24)21-17-20-14(9-26-17)11-4-6-12(7-5-11)25-16(18)19/h4-9,16H,3H2,1-2H3,(H,20,21,24). The van der Waals surface area contributed by atoms with Crippen LogP contribution in [-0.2, 0) is 6.54 Å². The summed E-state index contributed by atoms with van der Waals surface area (Å²) in [5, 5.41) is 9.23. The Hall–Kier alpha value is -2.81. The first-order valence-electron chi connectivity index (χ1n) is 7.82. The number of halogens is 2. The molecular weight excluding hydrogens is 362 g/mol. The van der Waals surface area contributed by atoms with Crippen LogP contribution in [0.5, 0.6) is 5.75 Å². The molecule has 9 heteroatoms. The summed E-state index contributed by atoms with van der Waals surface area (Å²) in [7, 11) is 0. The third-order valence-corrected chi connectivity index (χ3v) is 4.37. The lowest BCUT2D eigenvalue weighted by Gasteiger charge is -2.04. The Morgan fingerprint density at radius 1 is 1.35 bits per heavy atom. The maximum atomic E-state index is 12.4. The summed E-state index contributed by atoms with van der Waals surface area (Å²) in [6, 6.07) is 6.16. The average molecular weight is 378 g/mol. The van der Waals surface area contributed by atoms with Crippen LogP contribution in [0.2, 0.25) is 0 Å². The summed E-state index contributed by atoms with van der Waals surface area (Å²) >= 11 is 1.28. The van der Waals surface area contributed by atoms with Gasteiger partial charge in [0.25, 0.3) is 5.91 Å². The van der Waals surface area contributed by atoms with Crippen LogP contribution in [0.3, 0.4) is 0 Å². The zero-order valence-corrected chi connectivity index (χ0v) is 14.9. The minimum atomic E-state index is -2.86. The summed E-state index contributed by atoms with van der Waals surface area (Å²) in [4.78, 5) is 16.7. The maximum absolute atomic E-state index is 12.4. The highest BCUT2D eigenvalue weighted by Gasteiger charge is 2.15. The van der Waals surface area contributed by atoms with Crippen molar-refractivity contribution in [2.45, 2.75) is 27.0 Å². The number of aromatic nitrogens is 3. The fourth-order valence-electron chi connectivity index (χ4n) is 2.34. The van der Waals surface area contributed by atoms with Crippen molar-refractivity contribution in [3.8, 4) is 17.0 Å². The van der Waals surface area contributed by atoms with Gasteiger partial charge in [-0.1, -0.05) is 0 Å². The second-order valence-electron chi connectivity index (χ2n) is 5.38. The summed E-state index contributed by atoms with van der Waals surface area (Å²) in [5.41, 5.74) is 2.51. The number of carbonyl (C=O) groups is 1. The number of carbonyl (C=O) groups excluding carboxylic acids is 1. The molecule has 1 amide bonds. The molecule has 0 fully saturated rings. The molecule has 2 heterocycles. The van der Waals surface area contributed by atoms with Gasteiger partial charge in [-0.15, -0.1) is 11.3 Å². The molecular formula is C17H16F2N4O2S. The van der Waals surface area contributed by atoms with Crippen LogP contribution in [0.15, 0.2) is 35.8 Å². The van der Waals surface area contributed by atoms with Gasteiger partial charge in [0.15, 0.2) is 5.13 Å². The van der Waals surface area contributed by atoms with Crippen molar-refractivity contribution < 1.29 is 18.3 Å². The van der Waals surface area contributed by atoms with Crippen LogP contribution < -0.4 is 10.1 Å². The van der Waals surface area contributed by atoms with Crippen LogP contribution in [-0.4, -0.2) is 27.3 Å². The highest BCUT2D eigenvalue weighted by atomic mass is 32.1. The van der Waals surface area contributed by atoms with Crippen molar-refractivity contribution in [2.24, 2.45) is 0 Å². The summed E-state index contributed by atoms with van der Waals surface area (Å²) in [6.07, 6.45) is 1.70.